The van der Waals surface area contributed by atoms with E-state index < -0.39 is 0 Å². The van der Waals surface area contributed by atoms with Crippen LogP contribution in [0.3, 0.4) is 0 Å². The molecule has 2 heterocycles. The Labute approximate surface area is 174 Å². The molecule has 1 saturated heterocycles. The molecule has 150 valence electrons. The highest BCUT2D eigenvalue weighted by molar-refractivity contribution is 7.14. The minimum atomic E-state index is -0.0478. The van der Waals surface area contributed by atoms with Gasteiger partial charge in [0.2, 0.25) is 5.91 Å². The molecule has 4 rings (SSSR count). The maximum atomic E-state index is 12.2. The first-order valence-corrected chi connectivity index (χ1v) is 10.6. The molecule has 0 saturated carbocycles. The molecule has 0 radical (unpaired) electrons. The topological polar surface area (TPSA) is 59.9 Å². The Morgan fingerprint density at radius 3 is 2.45 bits per heavy atom. The zero-order valence-electron chi connectivity index (χ0n) is 16.4. The van der Waals surface area contributed by atoms with Gasteiger partial charge in [0.05, 0.1) is 17.1 Å². The minimum Gasteiger partial charge on any atom is -0.506 e. The lowest BCUT2D eigenvalue weighted by molar-refractivity contribution is -0.115. The summed E-state index contributed by atoms with van der Waals surface area (Å²) in [4.78, 5) is 23.1. The Balaban J connectivity index is 1.40. The quantitative estimate of drug-likeness (QED) is 0.695. The summed E-state index contributed by atoms with van der Waals surface area (Å²) in [6.45, 7) is 5.83. The van der Waals surface area contributed by atoms with E-state index in [4.69, 9.17) is 4.98 Å². The number of aromatic hydroxyl groups is 1. The molecule has 7 heteroatoms. The van der Waals surface area contributed by atoms with Gasteiger partial charge >= 0.3 is 0 Å². The fourth-order valence-corrected chi connectivity index (χ4v) is 4.46. The minimum absolute atomic E-state index is 0.0478. The molecule has 29 heavy (non-hydrogen) atoms. The van der Waals surface area contributed by atoms with Crippen LogP contribution in [0, 0.1) is 0 Å². The lowest BCUT2D eigenvalue weighted by Crippen LogP contribution is -2.46. The number of benzene rings is 2. The number of thiazole rings is 1. The zero-order chi connectivity index (χ0) is 20.2. The number of phenolic OH excluding ortho intramolecular Hbond substituents is 1. The number of hydrogen-bond acceptors (Lipinski definition) is 6. The van der Waals surface area contributed by atoms with Crippen LogP contribution in [0.1, 0.15) is 12.6 Å². The fourth-order valence-electron chi connectivity index (χ4n) is 3.58. The third-order valence-corrected chi connectivity index (χ3v) is 5.92. The third kappa shape index (κ3) is 4.41. The van der Waals surface area contributed by atoms with E-state index in [1.165, 1.54) is 11.3 Å². The van der Waals surface area contributed by atoms with Crippen LogP contribution in [0.25, 0.3) is 0 Å². The van der Waals surface area contributed by atoms with Crippen LogP contribution in [0.5, 0.6) is 5.75 Å². The Bertz CT molecular complexity index is 968. The summed E-state index contributed by atoms with van der Waals surface area (Å²) < 4.78 is 0. The summed E-state index contributed by atoms with van der Waals surface area (Å²) in [5.41, 5.74) is 2.70. The molecule has 1 amide bonds. The average Bonchev–Trinajstić information content (AvgIpc) is 3.17. The van der Waals surface area contributed by atoms with Crippen LogP contribution < -0.4 is 9.80 Å². The maximum Gasteiger partial charge on any atom is 0.230 e. The van der Waals surface area contributed by atoms with Gasteiger partial charge in [-0.15, -0.1) is 11.3 Å². The van der Waals surface area contributed by atoms with Crippen molar-refractivity contribution in [2.24, 2.45) is 0 Å². The molecular weight excluding hydrogens is 384 g/mol. The summed E-state index contributed by atoms with van der Waals surface area (Å²) in [6.07, 6.45) is 0. The lowest BCUT2D eigenvalue weighted by atomic mass is 10.2. The van der Waals surface area contributed by atoms with Gasteiger partial charge in [-0.25, -0.2) is 4.98 Å². The Morgan fingerprint density at radius 1 is 1.07 bits per heavy atom. The first-order valence-electron chi connectivity index (χ1n) is 9.67. The van der Waals surface area contributed by atoms with Crippen LogP contribution in [-0.4, -0.2) is 47.1 Å². The highest BCUT2D eigenvalue weighted by Crippen LogP contribution is 2.30. The van der Waals surface area contributed by atoms with Gasteiger partial charge in [0.25, 0.3) is 0 Å². The molecule has 1 aliphatic heterocycles. The van der Waals surface area contributed by atoms with Crippen molar-refractivity contribution in [2.75, 3.05) is 36.0 Å². The molecule has 2 aromatic carbocycles. The summed E-state index contributed by atoms with van der Waals surface area (Å²) in [6, 6.07) is 17.1. The smallest absolute Gasteiger partial charge is 0.230 e. The van der Waals surface area contributed by atoms with E-state index in [-0.39, 0.29) is 5.91 Å². The van der Waals surface area contributed by atoms with Crippen molar-refractivity contribution in [2.45, 2.75) is 13.5 Å². The average molecular weight is 409 g/mol. The van der Waals surface area contributed by atoms with Gasteiger partial charge in [-0.2, -0.15) is 0 Å². The second-order valence-corrected chi connectivity index (χ2v) is 7.90. The van der Waals surface area contributed by atoms with Gasteiger partial charge in [0.1, 0.15) is 5.75 Å². The third-order valence-electron chi connectivity index (χ3n) is 5.04. The highest BCUT2D eigenvalue weighted by Gasteiger charge is 2.21. The summed E-state index contributed by atoms with van der Waals surface area (Å²) in [7, 11) is 0. The van der Waals surface area contributed by atoms with Gasteiger partial charge in [0, 0.05) is 45.0 Å². The van der Waals surface area contributed by atoms with E-state index >= 15 is 0 Å². The van der Waals surface area contributed by atoms with E-state index in [0.29, 0.717) is 10.9 Å². The molecule has 0 spiro atoms. The van der Waals surface area contributed by atoms with Crippen molar-refractivity contribution in [1.82, 2.24) is 9.88 Å². The molecule has 3 aromatic rings. The van der Waals surface area contributed by atoms with E-state index in [9.17, 15) is 9.90 Å². The summed E-state index contributed by atoms with van der Waals surface area (Å²) in [5.74, 6) is 0.281. The molecule has 0 atom stereocenters. The second kappa shape index (κ2) is 8.63. The van der Waals surface area contributed by atoms with Crippen molar-refractivity contribution in [1.29, 1.82) is 0 Å². The monoisotopic (exact) mass is 408 g/mol. The van der Waals surface area contributed by atoms with Gasteiger partial charge in [0.15, 0.2) is 5.13 Å². The van der Waals surface area contributed by atoms with Crippen molar-refractivity contribution in [3.63, 3.8) is 0 Å². The van der Waals surface area contributed by atoms with Gasteiger partial charge in [-0.05, 0) is 24.3 Å². The van der Waals surface area contributed by atoms with Gasteiger partial charge < -0.3 is 10.0 Å². The zero-order valence-corrected chi connectivity index (χ0v) is 17.2. The number of phenols is 1. The summed E-state index contributed by atoms with van der Waals surface area (Å²) in [5, 5.41) is 12.8. The number of piperazine rings is 1. The van der Waals surface area contributed by atoms with Crippen LogP contribution in [-0.2, 0) is 11.3 Å². The van der Waals surface area contributed by atoms with Crippen LogP contribution in [0.15, 0.2) is 60.0 Å². The number of hydrogen-bond donors (Lipinski definition) is 1. The SMILES string of the molecule is CC(=O)N(c1ccccc1)c1nc(CN2CCN(c3ccccc3O)CC2)cs1. The molecule has 1 N–H and O–H groups in total. The van der Waals surface area contributed by atoms with Crippen molar-refractivity contribution < 1.29 is 9.90 Å². The number of rotatable bonds is 5. The number of aromatic nitrogens is 1. The largest absolute Gasteiger partial charge is 0.506 e. The van der Waals surface area contributed by atoms with Gasteiger partial charge in [-0.1, -0.05) is 30.3 Å². The number of nitrogens with zero attached hydrogens (tertiary/aromatic N) is 4. The van der Waals surface area contributed by atoms with E-state index in [1.807, 2.05) is 53.9 Å². The lowest BCUT2D eigenvalue weighted by Gasteiger charge is -2.36. The highest BCUT2D eigenvalue weighted by atomic mass is 32.1. The number of carbonyl (C=O) groups is 1. The molecular formula is C22H24N4O2S. The van der Waals surface area contributed by atoms with Crippen molar-refractivity contribution in [3.8, 4) is 5.75 Å². The Hall–Kier alpha value is -2.90. The van der Waals surface area contributed by atoms with Gasteiger partial charge in [-0.3, -0.25) is 14.6 Å². The first-order chi connectivity index (χ1) is 14.1. The van der Waals surface area contributed by atoms with Crippen molar-refractivity contribution in [3.05, 3.63) is 65.7 Å². The standard InChI is InChI=1S/C22H24N4O2S/c1-17(27)26(19-7-3-2-4-8-19)22-23-18(16-29-22)15-24-11-13-25(14-12-24)20-9-5-6-10-21(20)28/h2-10,16,28H,11-15H2,1H3. The number of para-hydroxylation sites is 3. The number of anilines is 3. The maximum absolute atomic E-state index is 12.2. The molecule has 1 aromatic heterocycles. The molecule has 1 aliphatic rings. The number of carbonyl (C=O) groups excluding carboxylic acids is 1. The Morgan fingerprint density at radius 2 is 1.76 bits per heavy atom. The normalized spacial score (nSPS) is 14.7. The molecule has 0 bridgehead atoms. The molecule has 0 unspecified atom stereocenters. The number of amides is 1. The van der Waals surface area contributed by atoms with Crippen LogP contribution in [0.2, 0.25) is 0 Å². The molecule has 0 aliphatic carbocycles. The van der Waals surface area contributed by atoms with E-state index in [0.717, 1.165) is 49.8 Å². The van der Waals surface area contributed by atoms with E-state index in [1.54, 1.807) is 17.9 Å². The second-order valence-electron chi connectivity index (χ2n) is 7.06. The Kier molecular flexibility index (Phi) is 5.78. The molecule has 1 fully saturated rings. The van der Waals surface area contributed by atoms with Crippen molar-refractivity contribution >= 4 is 33.8 Å². The predicted molar refractivity (Wildman–Crippen MR) is 117 cm³/mol. The van der Waals surface area contributed by atoms with Crippen LogP contribution >= 0.6 is 11.3 Å². The first kappa shape index (κ1) is 19.4. The molecule has 6 nitrogen and oxygen atoms in total. The van der Waals surface area contributed by atoms with Crippen LogP contribution in [0.4, 0.5) is 16.5 Å². The fraction of sp³-hybridized carbons (Fsp3) is 0.273. The predicted octanol–water partition coefficient (Wildman–Crippen LogP) is 3.86. The van der Waals surface area contributed by atoms with E-state index in [2.05, 4.69) is 9.80 Å². The summed E-state index contributed by atoms with van der Waals surface area (Å²) >= 11 is 1.49.